The van der Waals surface area contributed by atoms with E-state index >= 15 is 0 Å². The van der Waals surface area contributed by atoms with Gasteiger partial charge in [0.1, 0.15) is 11.5 Å². The van der Waals surface area contributed by atoms with E-state index in [9.17, 15) is 15.3 Å². The first-order valence-corrected chi connectivity index (χ1v) is 7.16. The van der Waals surface area contributed by atoms with Crippen molar-refractivity contribution in [1.29, 1.82) is 0 Å². The fourth-order valence-corrected chi connectivity index (χ4v) is 2.55. The molecular weight excluding hydrogens is 314 g/mol. The van der Waals surface area contributed by atoms with Crippen molar-refractivity contribution in [2.24, 2.45) is 4.99 Å². The Morgan fingerprint density at radius 2 is 2.08 bits per heavy atom. The minimum absolute atomic E-state index is 0.0823. The summed E-state index contributed by atoms with van der Waals surface area (Å²) in [6, 6.07) is 7.66. The smallest absolute Gasteiger partial charge is 0.311 e. The lowest BCUT2D eigenvalue weighted by Crippen LogP contribution is -2.39. The first kappa shape index (κ1) is 15.7. The van der Waals surface area contributed by atoms with Gasteiger partial charge < -0.3 is 14.7 Å². The number of pyridine rings is 1. The summed E-state index contributed by atoms with van der Waals surface area (Å²) in [6.07, 6.45) is 1.35. The van der Waals surface area contributed by atoms with E-state index in [0.717, 1.165) is 0 Å². The van der Waals surface area contributed by atoms with Gasteiger partial charge in [-0.15, -0.1) is 0 Å². The standard InChI is InChI=1S/C16H15N3O5/c1-16(2)17-15(11-6-4-5-7-18(11)20)10-8-12(19(21)22)14(23-3)9-13(10)24-16/h4-9H,1-3H3. The van der Waals surface area contributed by atoms with Crippen molar-refractivity contribution in [2.45, 2.75) is 19.6 Å². The van der Waals surface area contributed by atoms with Crippen LogP contribution in [0.1, 0.15) is 25.1 Å². The molecule has 8 heteroatoms. The number of methoxy groups -OCH3 is 1. The van der Waals surface area contributed by atoms with Gasteiger partial charge in [0.2, 0.25) is 11.4 Å². The summed E-state index contributed by atoms with van der Waals surface area (Å²) in [5.74, 6) is 0.454. The minimum atomic E-state index is -0.924. The molecule has 2 heterocycles. The molecule has 0 atom stereocenters. The number of nitro benzene ring substituents is 1. The number of fused-ring (bicyclic) bond motifs is 1. The van der Waals surface area contributed by atoms with E-state index in [0.29, 0.717) is 21.8 Å². The monoisotopic (exact) mass is 329 g/mol. The number of hydrogen-bond donors (Lipinski definition) is 0. The summed E-state index contributed by atoms with van der Waals surface area (Å²) in [5.41, 5.74) is -0.151. The molecule has 2 aromatic rings. The molecule has 0 fully saturated rings. The lowest BCUT2D eigenvalue weighted by atomic mass is 10.0. The molecule has 0 spiro atoms. The van der Waals surface area contributed by atoms with Crippen molar-refractivity contribution < 1.29 is 19.1 Å². The maximum Gasteiger partial charge on any atom is 0.311 e. The topological polar surface area (TPSA) is 101 Å². The third-order valence-electron chi connectivity index (χ3n) is 3.54. The Morgan fingerprint density at radius 3 is 2.71 bits per heavy atom. The molecule has 1 aromatic carbocycles. The van der Waals surface area contributed by atoms with Crippen LogP contribution >= 0.6 is 0 Å². The molecule has 0 unspecified atom stereocenters. The van der Waals surface area contributed by atoms with Crippen LogP contribution in [0.5, 0.6) is 11.5 Å². The van der Waals surface area contributed by atoms with Crippen molar-refractivity contribution in [1.82, 2.24) is 0 Å². The molecule has 0 amide bonds. The highest BCUT2D eigenvalue weighted by molar-refractivity contribution is 6.13. The molecule has 0 aliphatic carbocycles. The minimum Gasteiger partial charge on any atom is -0.618 e. The normalized spacial score (nSPS) is 15.0. The summed E-state index contributed by atoms with van der Waals surface area (Å²) in [4.78, 5) is 15.2. The van der Waals surface area contributed by atoms with Crippen molar-refractivity contribution in [3.8, 4) is 11.5 Å². The van der Waals surface area contributed by atoms with Crippen LogP contribution in [0.4, 0.5) is 5.69 Å². The van der Waals surface area contributed by atoms with Crippen LogP contribution < -0.4 is 14.2 Å². The van der Waals surface area contributed by atoms with Gasteiger partial charge >= 0.3 is 5.69 Å². The summed E-state index contributed by atoms with van der Waals surface area (Å²) < 4.78 is 11.5. The summed E-state index contributed by atoms with van der Waals surface area (Å²) in [5, 5.41) is 23.4. The third-order valence-corrected chi connectivity index (χ3v) is 3.54. The van der Waals surface area contributed by atoms with Gasteiger partial charge in [0.25, 0.3) is 0 Å². The number of benzene rings is 1. The molecule has 24 heavy (non-hydrogen) atoms. The molecule has 0 radical (unpaired) electrons. The van der Waals surface area contributed by atoms with Crippen LogP contribution in [0.3, 0.4) is 0 Å². The highest BCUT2D eigenvalue weighted by atomic mass is 16.6. The van der Waals surface area contributed by atoms with Gasteiger partial charge in [-0.2, -0.15) is 4.73 Å². The average molecular weight is 329 g/mol. The summed E-state index contributed by atoms with van der Waals surface area (Å²) >= 11 is 0. The van der Waals surface area contributed by atoms with E-state index in [-0.39, 0.29) is 17.1 Å². The molecule has 0 saturated heterocycles. The van der Waals surface area contributed by atoms with Crippen LogP contribution in [0.15, 0.2) is 41.5 Å². The Hall–Kier alpha value is -3.16. The first-order valence-electron chi connectivity index (χ1n) is 7.16. The molecule has 0 saturated carbocycles. The third kappa shape index (κ3) is 2.62. The molecular formula is C16H15N3O5. The highest BCUT2D eigenvalue weighted by Crippen LogP contribution is 2.39. The molecule has 8 nitrogen and oxygen atoms in total. The predicted octanol–water partition coefficient (Wildman–Crippen LogP) is 2.20. The zero-order valence-corrected chi connectivity index (χ0v) is 13.3. The van der Waals surface area contributed by atoms with Crippen molar-refractivity contribution >= 4 is 11.4 Å². The summed E-state index contributed by atoms with van der Waals surface area (Å²) in [7, 11) is 1.35. The zero-order valence-electron chi connectivity index (χ0n) is 13.3. The summed E-state index contributed by atoms with van der Waals surface area (Å²) in [6.45, 7) is 3.48. The van der Waals surface area contributed by atoms with Gasteiger partial charge in [-0.1, -0.05) is 0 Å². The number of rotatable bonds is 3. The van der Waals surface area contributed by atoms with Gasteiger partial charge in [-0.25, -0.2) is 4.99 Å². The van der Waals surface area contributed by atoms with Crippen LogP contribution in [-0.2, 0) is 0 Å². The number of hydrogen-bond acceptors (Lipinski definition) is 6. The maximum absolute atomic E-state index is 12.1. The second-order valence-electron chi connectivity index (χ2n) is 5.70. The number of aliphatic imine (C=N–C) groups is 1. The van der Waals surface area contributed by atoms with E-state index in [2.05, 4.69) is 4.99 Å². The molecule has 1 aliphatic rings. The van der Waals surface area contributed by atoms with Crippen LogP contribution in [0.2, 0.25) is 0 Å². The lowest BCUT2D eigenvalue weighted by Gasteiger charge is -2.29. The van der Waals surface area contributed by atoms with Crippen LogP contribution in [-0.4, -0.2) is 23.5 Å². The van der Waals surface area contributed by atoms with Crippen LogP contribution in [0, 0.1) is 15.3 Å². The Kier molecular flexibility index (Phi) is 3.59. The SMILES string of the molecule is COc1cc2c(cc1[N+](=O)[O-])C(c1cccc[n+]1[O-])=NC(C)(C)O2. The molecule has 1 aliphatic heterocycles. The molecule has 3 rings (SSSR count). The zero-order chi connectivity index (χ0) is 17.5. The fraction of sp³-hybridized carbons (Fsp3) is 0.250. The molecule has 0 bridgehead atoms. The predicted molar refractivity (Wildman–Crippen MR) is 85.4 cm³/mol. The van der Waals surface area contributed by atoms with Gasteiger partial charge in [-0.05, 0) is 19.9 Å². The highest BCUT2D eigenvalue weighted by Gasteiger charge is 2.34. The van der Waals surface area contributed by atoms with E-state index in [4.69, 9.17) is 9.47 Å². The number of nitrogens with zero attached hydrogens (tertiary/aromatic N) is 3. The maximum atomic E-state index is 12.1. The first-order chi connectivity index (χ1) is 11.3. The quantitative estimate of drug-likeness (QED) is 0.372. The van der Waals surface area contributed by atoms with E-state index in [1.54, 1.807) is 32.0 Å². The van der Waals surface area contributed by atoms with Gasteiger partial charge in [0.15, 0.2) is 11.9 Å². The van der Waals surface area contributed by atoms with Crippen molar-refractivity contribution in [2.75, 3.05) is 7.11 Å². The molecule has 1 aromatic heterocycles. The second-order valence-corrected chi connectivity index (χ2v) is 5.70. The van der Waals surface area contributed by atoms with Gasteiger partial charge in [-0.3, -0.25) is 10.1 Å². The Labute approximate surface area is 137 Å². The van der Waals surface area contributed by atoms with Crippen molar-refractivity contribution in [3.05, 3.63) is 63.1 Å². The second kappa shape index (κ2) is 5.48. The lowest BCUT2D eigenvalue weighted by molar-refractivity contribution is -0.606. The number of aromatic nitrogens is 1. The van der Waals surface area contributed by atoms with E-state index in [1.165, 1.54) is 25.4 Å². The average Bonchev–Trinajstić information content (AvgIpc) is 2.52. The van der Waals surface area contributed by atoms with Gasteiger partial charge in [0.05, 0.1) is 17.6 Å². The largest absolute Gasteiger partial charge is 0.618 e. The molecule has 124 valence electrons. The Morgan fingerprint density at radius 1 is 1.33 bits per heavy atom. The van der Waals surface area contributed by atoms with Crippen molar-refractivity contribution in [3.63, 3.8) is 0 Å². The fourth-order valence-electron chi connectivity index (χ4n) is 2.55. The van der Waals surface area contributed by atoms with Gasteiger partial charge in [0, 0.05) is 24.3 Å². The van der Waals surface area contributed by atoms with E-state index < -0.39 is 10.6 Å². The van der Waals surface area contributed by atoms with Crippen LogP contribution in [0.25, 0.3) is 0 Å². The number of nitro groups is 1. The van der Waals surface area contributed by atoms with E-state index in [1.807, 2.05) is 0 Å². The Balaban J connectivity index is 2.28. The number of ether oxygens (including phenoxy) is 2. The molecule has 0 N–H and O–H groups in total. The Bertz CT molecular complexity index is 861.